The van der Waals surface area contributed by atoms with Gasteiger partial charge in [-0.15, -0.1) is 0 Å². The molecule has 2 aromatic heterocycles. The molecule has 2 heterocycles. The second-order valence-electron chi connectivity index (χ2n) is 5.30. The second kappa shape index (κ2) is 6.49. The number of carbonyl (C=O) groups is 1. The van der Waals surface area contributed by atoms with Crippen LogP contribution in [-0.4, -0.2) is 30.4 Å². The molecule has 0 aliphatic carbocycles. The molecule has 3 rings (SSSR count). The quantitative estimate of drug-likeness (QED) is 0.772. The van der Waals surface area contributed by atoms with E-state index in [0.717, 1.165) is 5.69 Å². The van der Waals surface area contributed by atoms with Gasteiger partial charge < -0.3 is 5.11 Å². The summed E-state index contributed by atoms with van der Waals surface area (Å²) in [6, 6.07) is 8.86. The van der Waals surface area contributed by atoms with E-state index in [0.29, 0.717) is 16.7 Å². The predicted molar refractivity (Wildman–Crippen MR) is 90.4 cm³/mol. The SMILES string of the molecule is Cn1nccc1C=Cc1nc2ccccc2c(=O)n1CCC(=O)O. The summed E-state index contributed by atoms with van der Waals surface area (Å²) in [5.41, 5.74) is 1.19. The number of hydrogen-bond donors (Lipinski definition) is 1. The van der Waals surface area contributed by atoms with Crippen LogP contribution >= 0.6 is 0 Å². The number of carboxylic acids is 1. The van der Waals surface area contributed by atoms with Gasteiger partial charge in [0.05, 0.1) is 23.0 Å². The highest BCUT2D eigenvalue weighted by atomic mass is 16.4. The van der Waals surface area contributed by atoms with Crippen LogP contribution in [0, 0.1) is 0 Å². The molecule has 0 radical (unpaired) electrons. The lowest BCUT2D eigenvalue weighted by molar-refractivity contribution is -0.137. The lowest BCUT2D eigenvalue weighted by Crippen LogP contribution is -2.25. The molecule has 0 saturated carbocycles. The molecule has 7 nitrogen and oxygen atoms in total. The van der Waals surface area contributed by atoms with E-state index in [2.05, 4.69) is 10.1 Å². The van der Waals surface area contributed by atoms with Crippen molar-refractivity contribution in [2.75, 3.05) is 0 Å². The number of para-hydroxylation sites is 1. The fourth-order valence-electron chi connectivity index (χ4n) is 2.44. The average molecular weight is 324 g/mol. The molecular formula is C17H16N4O3. The predicted octanol–water partition coefficient (Wildman–Crippen LogP) is 1.78. The Morgan fingerprint density at radius 3 is 2.75 bits per heavy atom. The Morgan fingerprint density at radius 1 is 1.25 bits per heavy atom. The van der Waals surface area contributed by atoms with E-state index in [-0.39, 0.29) is 18.5 Å². The van der Waals surface area contributed by atoms with E-state index >= 15 is 0 Å². The van der Waals surface area contributed by atoms with E-state index in [1.807, 2.05) is 19.2 Å². The molecule has 0 bridgehead atoms. The molecule has 7 heteroatoms. The summed E-state index contributed by atoms with van der Waals surface area (Å²) < 4.78 is 3.08. The Labute approximate surface area is 137 Å². The molecule has 1 aromatic carbocycles. The van der Waals surface area contributed by atoms with Gasteiger partial charge in [-0.2, -0.15) is 5.10 Å². The third-order valence-corrected chi connectivity index (χ3v) is 3.70. The van der Waals surface area contributed by atoms with Gasteiger partial charge in [-0.05, 0) is 30.4 Å². The van der Waals surface area contributed by atoms with E-state index in [9.17, 15) is 9.59 Å². The van der Waals surface area contributed by atoms with Crippen molar-refractivity contribution in [3.63, 3.8) is 0 Å². The van der Waals surface area contributed by atoms with Crippen molar-refractivity contribution in [1.29, 1.82) is 0 Å². The maximum atomic E-state index is 12.7. The molecule has 0 aliphatic rings. The number of hydrogen-bond acceptors (Lipinski definition) is 4. The van der Waals surface area contributed by atoms with Crippen LogP contribution in [0.3, 0.4) is 0 Å². The molecule has 0 amide bonds. The Bertz CT molecular complexity index is 985. The fourth-order valence-corrected chi connectivity index (χ4v) is 2.44. The van der Waals surface area contributed by atoms with Gasteiger partial charge in [-0.25, -0.2) is 4.98 Å². The number of aliphatic carboxylic acids is 1. The zero-order valence-corrected chi connectivity index (χ0v) is 13.1. The highest BCUT2D eigenvalue weighted by Gasteiger charge is 2.10. The standard InChI is InChI=1S/C17H16N4O3/c1-20-12(8-10-18-20)6-7-15-19-14-5-3-2-4-13(14)17(24)21(15)11-9-16(22)23/h2-8,10H,9,11H2,1H3,(H,22,23). The fraction of sp³-hybridized carbons (Fsp3) is 0.176. The number of fused-ring (bicyclic) bond motifs is 1. The van der Waals surface area contributed by atoms with Gasteiger partial charge >= 0.3 is 5.97 Å². The molecule has 0 unspecified atom stereocenters. The first kappa shape index (κ1) is 15.7. The lowest BCUT2D eigenvalue weighted by atomic mass is 10.2. The first-order valence-electron chi connectivity index (χ1n) is 7.44. The summed E-state index contributed by atoms with van der Waals surface area (Å²) in [5, 5.41) is 13.5. The lowest BCUT2D eigenvalue weighted by Gasteiger charge is -2.10. The zero-order chi connectivity index (χ0) is 17.1. The number of nitrogens with zero attached hydrogens (tertiary/aromatic N) is 4. The minimum atomic E-state index is -0.961. The first-order valence-corrected chi connectivity index (χ1v) is 7.44. The van der Waals surface area contributed by atoms with Crippen LogP contribution in [0.4, 0.5) is 0 Å². The van der Waals surface area contributed by atoms with E-state index < -0.39 is 5.97 Å². The summed E-state index contributed by atoms with van der Waals surface area (Å²) >= 11 is 0. The van der Waals surface area contributed by atoms with E-state index in [4.69, 9.17) is 5.11 Å². The normalized spacial score (nSPS) is 11.4. The van der Waals surface area contributed by atoms with Crippen molar-refractivity contribution in [2.24, 2.45) is 7.05 Å². The Kier molecular flexibility index (Phi) is 4.24. The van der Waals surface area contributed by atoms with Crippen LogP contribution in [0.1, 0.15) is 17.9 Å². The molecular weight excluding hydrogens is 308 g/mol. The van der Waals surface area contributed by atoms with Crippen LogP contribution in [0.2, 0.25) is 0 Å². The van der Waals surface area contributed by atoms with Crippen LogP contribution in [0.5, 0.6) is 0 Å². The van der Waals surface area contributed by atoms with Gasteiger partial charge in [0, 0.05) is 19.8 Å². The molecule has 0 atom stereocenters. The molecule has 1 N–H and O–H groups in total. The Morgan fingerprint density at radius 2 is 2.04 bits per heavy atom. The third-order valence-electron chi connectivity index (χ3n) is 3.70. The van der Waals surface area contributed by atoms with E-state index in [1.165, 1.54) is 4.57 Å². The smallest absolute Gasteiger partial charge is 0.305 e. The number of benzene rings is 1. The minimum absolute atomic E-state index is 0.0665. The summed E-state index contributed by atoms with van der Waals surface area (Å²) in [5.74, 6) is -0.544. The molecule has 0 fully saturated rings. The summed E-state index contributed by atoms with van der Waals surface area (Å²) in [6.45, 7) is 0.0665. The number of aromatic nitrogens is 4. The maximum absolute atomic E-state index is 12.7. The van der Waals surface area contributed by atoms with Crippen molar-refractivity contribution >= 4 is 29.0 Å². The van der Waals surface area contributed by atoms with Gasteiger partial charge in [0.2, 0.25) is 0 Å². The van der Waals surface area contributed by atoms with Crippen LogP contribution in [0.15, 0.2) is 41.3 Å². The summed E-state index contributed by atoms with van der Waals surface area (Å²) in [4.78, 5) is 28.0. The van der Waals surface area contributed by atoms with Crippen molar-refractivity contribution in [3.05, 3.63) is 58.4 Å². The van der Waals surface area contributed by atoms with Gasteiger partial charge in [-0.1, -0.05) is 12.1 Å². The third kappa shape index (κ3) is 3.10. The topological polar surface area (TPSA) is 90.0 Å². The van der Waals surface area contributed by atoms with Crippen LogP contribution in [-0.2, 0) is 18.4 Å². The number of rotatable bonds is 5. The molecule has 0 spiro atoms. The van der Waals surface area contributed by atoms with Gasteiger partial charge in [0.15, 0.2) is 0 Å². The highest BCUT2D eigenvalue weighted by molar-refractivity contribution is 5.79. The summed E-state index contributed by atoms with van der Waals surface area (Å²) in [6.07, 6.45) is 5.02. The van der Waals surface area contributed by atoms with Gasteiger partial charge in [-0.3, -0.25) is 18.8 Å². The molecule has 122 valence electrons. The van der Waals surface area contributed by atoms with Crippen molar-refractivity contribution in [2.45, 2.75) is 13.0 Å². The van der Waals surface area contributed by atoms with E-state index in [1.54, 1.807) is 41.2 Å². The largest absolute Gasteiger partial charge is 0.481 e. The number of aryl methyl sites for hydroxylation is 1. The monoisotopic (exact) mass is 324 g/mol. The molecule has 0 aliphatic heterocycles. The minimum Gasteiger partial charge on any atom is -0.481 e. The van der Waals surface area contributed by atoms with Crippen LogP contribution in [0.25, 0.3) is 23.1 Å². The molecule has 24 heavy (non-hydrogen) atoms. The Balaban J connectivity index is 2.11. The highest BCUT2D eigenvalue weighted by Crippen LogP contribution is 2.11. The van der Waals surface area contributed by atoms with Gasteiger partial charge in [0.25, 0.3) is 5.56 Å². The maximum Gasteiger partial charge on any atom is 0.305 e. The molecule has 0 saturated heterocycles. The second-order valence-corrected chi connectivity index (χ2v) is 5.30. The average Bonchev–Trinajstić information content (AvgIpc) is 2.97. The van der Waals surface area contributed by atoms with Crippen molar-refractivity contribution in [1.82, 2.24) is 19.3 Å². The van der Waals surface area contributed by atoms with Crippen LogP contribution < -0.4 is 5.56 Å². The van der Waals surface area contributed by atoms with Gasteiger partial charge in [0.1, 0.15) is 5.82 Å². The van der Waals surface area contributed by atoms with Crippen molar-refractivity contribution in [3.8, 4) is 0 Å². The van der Waals surface area contributed by atoms with Crippen molar-refractivity contribution < 1.29 is 9.90 Å². The molecule has 3 aromatic rings. The first-order chi connectivity index (χ1) is 11.6. The zero-order valence-electron chi connectivity index (χ0n) is 13.1. The Hall–Kier alpha value is -3.22. The number of carboxylic acid groups (broad SMARTS) is 1. The summed E-state index contributed by atoms with van der Waals surface area (Å²) in [7, 11) is 1.81.